The molecule has 0 heterocycles. The summed E-state index contributed by atoms with van der Waals surface area (Å²) in [5, 5.41) is 0.0492. The summed E-state index contributed by atoms with van der Waals surface area (Å²) >= 11 is 2.26. The summed E-state index contributed by atoms with van der Waals surface area (Å²) in [4.78, 5) is 13.3. The number of hydrogen-bond acceptors (Lipinski definition) is 5. The van der Waals surface area contributed by atoms with Crippen LogP contribution in [0, 0.1) is 8.99 Å². The van der Waals surface area contributed by atoms with Gasteiger partial charge in [-0.25, -0.2) is 8.42 Å². The van der Waals surface area contributed by atoms with Gasteiger partial charge in [0.05, 0.1) is 16.9 Å². The minimum Gasteiger partial charge on any atom is -0.459 e. The Kier molecular flexibility index (Phi) is 11.3. The van der Waals surface area contributed by atoms with Gasteiger partial charge in [0.2, 0.25) is 0 Å². The topological polar surface area (TPSA) is 69.7 Å². The highest BCUT2D eigenvalue weighted by molar-refractivity contribution is 14.1. The maximum absolute atomic E-state index is 13.3. The second-order valence-corrected chi connectivity index (χ2v) is 21.8. The lowest BCUT2D eigenvalue weighted by atomic mass is 9.76. The Hall–Kier alpha value is -0.453. The molecule has 36 heavy (non-hydrogen) atoms. The number of carbonyl (C=O) groups excluding carboxylic acids is 1. The number of benzene rings is 1. The van der Waals surface area contributed by atoms with Crippen LogP contribution in [0.4, 0.5) is 0 Å². The summed E-state index contributed by atoms with van der Waals surface area (Å²) in [5.74, 6) is -0.0981. The largest absolute Gasteiger partial charge is 0.459 e. The maximum atomic E-state index is 13.3. The van der Waals surface area contributed by atoms with Gasteiger partial charge in [-0.2, -0.15) is 0 Å². The zero-order valence-electron chi connectivity index (χ0n) is 24.4. The van der Waals surface area contributed by atoms with Crippen molar-refractivity contribution in [2.75, 3.05) is 18.1 Å². The number of halogens is 1. The summed E-state index contributed by atoms with van der Waals surface area (Å²) < 4.78 is 38.8. The summed E-state index contributed by atoms with van der Waals surface area (Å²) in [5.41, 5.74) is -0.868. The number of esters is 1. The molecule has 0 aliphatic rings. The van der Waals surface area contributed by atoms with E-state index >= 15 is 0 Å². The first-order chi connectivity index (χ1) is 16.0. The van der Waals surface area contributed by atoms with Gasteiger partial charge in [0.25, 0.3) is 0 Å². The molecule has 0 spiro atoms. The number of sulfone groups is 1. The van der Waals surface area contributed by atoms with E-state index in [4.69, 9.17) is 9.16 Å². The van der Waals surface area contributed by atoms with Crippen LogP contribution in [0.15, 0.2) is 24.3 Å². The molecule has 1 aromatic carbocycles. The standard InChI is InChI=1S/C28H49IO5SSi/c1-25(2,3)34-24(30)28(9,22-14-12-15-23(29)20-22)17-13-16-27(7,8)21-35(31,32)19-18-33-36(10,11)26(4,5)6/h12,14-15,20H,13,16-19,21H2,1-11H3. The molecule has 5 nitrogen and oxygen atoms in total. The van der Waals surface area contributed by atoms with Gasteiger partial charge in [-0.15, -0.1) is 0 Å². The fourth-order valence-corrected chi connectivity index (χ4v) is 7.44. The molecule has 0 aliphatic carbocycles. The molecule has 1 atom stereocenters. The summed E-state index contributed by atoms with van der Waals surface area (Å²) in [6.07, 6.45) is 1.99. The van der Waals surface area contributed by atoms with Crippen molar-refractivity contribution >= 4 is 46.7 Å². The van der Waals surface area contributed by atoms with Crippen LogP contribution in [-0.2, 0) is 29.2 Å². The first-order valence-corrected chi connectivity index (χ1v) is 18.6. The zero-order valence-corrected chi connectivity index (χ0v) is 28.4. The fourth-order valence-electron chi connectivity index (χ4n) is 3.89. The molecule has 0 aliphatic heterocycles. The quantitative estimate of drug-likeness (QED) is 0.133. The molecule has 0 saturated carbocycles. The number of rotatable bonds is 12. The first kappa shape index (κ1) is 33.6. The SMILES string of the molecule is CC(C)(CCCC(C)(C(=O)OC(C)(C)C)c1cccc(I)c1)CS(=O)(=O)CCO[Si](C)(C)C(C)(C)C. The lowest BCUT2D eigenvalue weighted by Crippen LogP contribution is -2.42. The number of carbonyl (C=O) groups is 1. The highest BCUT2D eigenvalue weighted by Crippen LogP contribution is 2.37. The van der Waals surface area contributed by atoms with Gasteiger partial charge < -0.3 is 9.16 Å². The average molecular weight is 653 g/mol. The molecule has 8 heteroatoms. The lowest BCUT2D eigenvalue weighted by molar-refractivity contribution is -0.162. The highest BCUT2D eigenvalue weighted by atomic mass is 127. The zero-order chi connectivity index (χ0) is 28.2. The van der Waals surface area contributed by atoms with Gasteiger partial charge in [-0.3, -0.25) is 4.79 Å². The number of ether oxygens (including phenoxy) is 1. The van der Waals surface area contributed by atoms with Gasteiger partial charge >= 0.3 is 5.97 Å². The van der Waals surface area contributed by atoms with Gasteiger partial charge in [-0.05, 0) is 104 Å². The molecule has 0 saturated heterocycles. The third-order valence-electron chi connectivity index (χ3n) is 7.12. The monoisotopic (exact) mass is 652 g/mol. The van der Waals surface area contributed by atoms with Crippen LogP contribution in [-0.4, -0.2) is 46.4 Å². The van der Waals surface area contributed by atoms with Gasteiger partial charge in [0.15, 0.2) is 18.2 Å². The van der Waals surface area contributed by atoms with Crippen LogP contribution in [0.5, 0.6) is 0 Å². The molecule has 0 radical (unpaired) electrons. The molecule has 1 unspecified atom stereocenters. The highest BCUT2D eigenvalue weighted by Gasteiger charge is 2.40. The van der Waals surface area contributed by atoms with Gasteiger partial charge in [0.1, 0.15) is 5.60 Å². The predicted molar refractivity (Wildman–Crippen MR) is 162 cm³/mol. The van der Waals surface area contributed by atoms with Crippen molar-refractivity contribution in [2.45, 2.75) is 111 Å². The van der Waals surface area contributed by atoms with Crippen molar-refractivity contribution in [3.8, 4) is 0 Å². The molecular formula is C28H49IO5SSi. The minimum absolute atomic E-state index is 0.0427. The molecule has 1 rings (SSSR count). The van der Waals surface area contributed by atoms with Crippen molar-refractivity contribution in [3.05, 3.63) is 33.4 Å². The molecule has 208 valence electrons. The van der Waals surface area contributed by atoms with E-state index in [2.05, 4.69) is 56.5 Å². The first-order valence-electron chi connectivity index (χ1n) is 12.8. The lowest BCUT2D eigenvalue weighted by Gasteiger charge is -2.36. The van der Waals surface area contributed by atoms with Crippen molar-refractivity contribution in [3.63, 3.8) is 0 Å². The molecule has 0 bridgehead atoms. The second-order valence-electron chi connectivity index (χ2n) is 13.6. The second kappa shape index (κ2) is 12.2. The third kappa shape index (κ3) is 10.7. The van der Waals surface area contributed by atoms with E-state index in [0.717, 1.165) is 9.13 Å². The average Bonchev–Trinajstić information content (AvgIpc) is 2.64. The van der Waals surface area contributed by atoms with Crippen LogP contribution >= 0.6 is 22.6 Å². The molecule has 0 N–H and O–H groups in total. The van der Waals surface area contributed by atoms with E-state index in [1.165, 1.54) is 0 Å². The van der Waals surface area contributed by atoms with E-state index in [1.54, 1.807) is 0 Å². The Morgan fingerprint density at radius 3 is 2.06 bits per heavy atom. The van der Waals surface area contributed by atoms with Crippen molar-refractivity contribution < 1.29 is 22.4 Å². The van der Waals surface area contributed by atoms with Crippen molar-refractivity contribution in [2.24, 2.45) is 5.41 Å². The Labute approximate surface area is 235 Å². The van der Waals surface area contributed by atoms with Crippen molar-refractivity contribution in [1.29, 1.82) is 0 Å². The van der Waals surface area contributed by atoms with Crippen LogP contribution in [0.2, 0.25) is 18.1 Å². The molecule has 0 aromatic heterocycles. The molecule has 0 fully saturated rings. The Balaban J connectivity index is 2.87. The number of hydrogen-bond donors (Lipinski definition) is 0. The Bertz CT molecular complexity index is 990. The molecule has 0 amide bonds. The van der Waals surface area contributed by atoms with E-state index < -0.39 is 34.6 Å². The maximum Gasteiger partial charge on any atom is 0.316 e. The van der Waals surface area contributed by atoms with Crippen LogP contribution in [0.3, 0.4) is 0 Å². The van der Waals surface area contributed by atoms with Gasteiger partial charge in [-0.1, -0.05) is 53.2 Å². The van der Waals surface area contributed by atoms with Crippen LogP contribution in [0.1, 0.15) is 87.1 Å². The Morgan fingerprint density at radius 2 is 1.56 bits per heavy atom. The summed E-state index contributed by atoms with van der Waals surface area (Å²) in [6.45, 7) is 22.5. The van der Waals surface area contributed by atoms with Crippen LogP contribution < -0.4 is 0 Å². The van der Waals surface area contributed by atoms with E-state index in [9.17, 15) is 13.2 Å². The summed E-state index contributed by atoms with van der Waals surface area (Å²) in [7, 11) is -5.25. The normalized spacial score (nSPS) is 15.4. The van der Waals surface area contributed by atoms with Crippen molar-refractivity contribution in [1.82, 2.24) is 0 Å². The van der Waals surface area contributed by atoms with E-state index in [0.29, 0.717) is 19.3 Å². The smallest absolute Gasteiger partial charge is 0.316 e. The van der Waals surface area contributed by atoms with E-state index in [1.807, 2.05) is 65.8 Å². The van der Waals surface area contributed by atoms with Crippen LogP contribution in [0.25, 0.3) is 0 Å². The fraction of sp³-hybridized carbons (Fsp3) is 0.750. The molecule has 1 aromatic rings. The third-order valence-corrected chi connectivity index (χ3v) is 14.3. The van der Waals surface area contributed by atoms with E-state index in [-0.39, 0.29) is 29.1 Å². The Morgan fingerprint density at radius 1 is 0.972 bits per heavy atom. The van der Waals surface area contributed by atoms with Gasteiger partial charge in [0, 0.05) is 10.2 Å². The molecular weight excluding hydrogens is 603 g/mol. The minimum atomic E-state index is -3.27. The predicted octanol–water partition coefficient (Wildman–Crippen LogP) is 7.52. The summed E-state index contributed by atoms with van der Waals surface area (Å²) in [6, 6.07) is 7.97.